The molecule has 13 heavy (non-hydrogen) atoms. The van der Waals surface area contributed by atoms with Crippen molar-refractivity contribution < 1.29 is 9.13 Å². The number of hydrogen-bond donors (Lipinski definition) is 1. The Morgan fingerprint density at radius 2 is 2.23 bits per heavy atom. The summed E-state index contributed by atoms with van der Waals surface area (Å²) in [6.07, 6.45) is 4.12. The van der Waals surface area contributed by atoms with Crippen molar-refractivity contribution in [1.82, 2.24) is 9.97 Å². The zero-order chi connectivity index (χ0) is 9.26. The summed E-state index contributed by atoms with van der Waals surface area (Å²) in [7, 11) is 0. The molecule has 0 aromatic carbocycles. The van der Waals surface area contributed by atoms with E-state index < -0.39 is 5.95 Å². The van der Waals surface area contributed by atoms with Gasteiger partial charge in [-0.1, -0.05) is 0 Å². The lowest BCUT2D eigenvalue weighted by Gasteiger charge is -2.31. The van der Waals surface area contributed by atoms with Crippen LogP contribution in [0.2, 0.25) is 0 Å². The third-order valence-corrected chi connectivity index (χ3v) is 2.00. The van der Waals surface area contributed by atoms with E-state index in [2.05, 4.69) is 9.97 Å². The van der Waals surface area contributed by atoms with Gasteiger partial charge in [0, 0.05) is 6.04 Å². The first-order valence-corrected chi connectivity index (χ1v) is 4.14. The molecule has 0 atom stereocenters. The Kier molecular flexibility index (Phi) is 2.10. The number of ether oxygens (including phenoxy) is 1. The molecule has 0 aliphatic heterocycles. The summed E-state index contributed by atoms with van der Waals surface area (Å²) in [5.41, 5.74) is 5.56. The minimum Gasteiger partial charge on any atom is -0.473 e. The van der Waals surface area contributed by atoms with Gasteiger partial charge in [-0.3, -0.25) is 4.98 Å². The summed E-state index contributed by atoms with van der Waals surface area (Å²) in [5, 5.41) is 0. The third kappa shape index (κ3) is 1.92. The zero-order valence-electron chi connectivity index (χ0n) is 6.98. The molecule has 4 nitrogen and oxygen atoms in total. The molecule has 5 heteroatoms. The van der Waals surface area contributed by atoms with Crippen LogP contribution >= 0.6 is 0 Å². The molecule has 0 saturated heterocycles. The van der Waals surface area contributed by atoms with Gasteiger partial charge in [0.1, 0.15) is 6.10 Å². The standard InChI is InChI=1S/C8H10FN3O/c9-7-3-11-4-8(12-7)13-6-1-5(10)2-6/h3-6H,1-2,10H2. The van der Waals surface area contributed by atoms with Gasteiger partial charge in [-0.25, -0.2) is 0 Å². The Bertz CT molecular complexity index is 301. The summed E-state index contributed by atoms with van der Waals surface area (Å²) >= 11 is 0. The fraction of sp³-hybridized carbons (Fsp3) is 0.500. The molecular weight excluding hydrogens is 173 g/mol. The van der Waals surface area contributed by atoms with Crippen molar-refractivity contribution >= 4 is 0 Å². The topological polar surface area (TPSA) is 61.0 Å². The van der Waals surface area contributed by atoms with E-state index in [9.17, 15) is 4.39 Å². The van der Waals surface area contributed by atoms with Crippen LogP contribution in [0.15, 0.2) is 12.4 Å². The maximum Gasteiger partial charge on any atom is 0.235 e. The summed E-state index contributed by atoms with van der Waals surface area (Å²) in [5.74, 6) is -0.391. The highest BCUT2D eigenvalue weighted by Gasteiger charge is 2.28. The predicted octanol–water partition coefficient (Wildman–Crippen LogP) is 0.484. The van der Waals surface area contributed by atoms with Gasteiger partial charge in [0.25, 0.3) is 0 Å². The van der Waals surface area contributed by atoms with Crippen molar-refractivity contribution in [1.29, 1.82) is 0 Å². The van der Waals surface area contributed by atoms with E-state index in [1.807, 2.05) is 0 Å². The molecule has 1 aromatic rings. The molecule has 2 N–H and O–H groups in total. The van der Waals surface area contributed by atoms with Crippen molar-refractivity contribution in [3.8, 4) is 5.88 Å². The molecule has 1 heterocycles. The van der Waals surface area contributed by atoms with Crippen LogP contribution in [0.4, 0.5) is 4.39 Å². The Balaban J connectivity index is 1.94. The van der Waals surface area contributed by atoms with E-state index in [-0.39, 0.29) is 18.0 Å². The molecule has 0 unspecified atom stereocenters. The Morgan fingerprint density at radius 3 is 2.85 bits per heavy atom. The first-order chi connectivity index (χ1) is 6.24. The third-order valence-electron chi connectivity index (χ3n) is 2.00. The number of nitrogens with two attached hydrogens (primary N) is 1. The fourth-order valence-electron chi connectivity index (χ4n) is 1.26. The lowest BCUT2D eigenvalue weighted by Crippen LogP contribution is -2.43. The van der Waals surface area contributed by atoms with Gasteiger partial charge in [-0.05, 0) is 12.8 Å². The second kappa shape index (κ2) is 3.26. The molecule has 1 saturated carbocycles. The van der Waals surface area contributed by atoms with E-state index in [1.165, 1.54) is 6.20 Å². The van der Waals surface area contributed by atoms with Crippen LogP contribution in [0.1, 0.15) is 12.8 Å². The van der Waals surface area contributed by atoms with Gasteiger partial charge in [0.15, 0.2) is 0 Å². The lowest BCUT2D eigenvalue weighted by molar-refractivity contribution is 0.0943. The second-order valence-electron chi connectivity index (χ2n) is 3.15. The van der Waals surface area contributed by atoms with Gasteiger partial charge < -0.3 is 10.5 Å². The molecule has 0 amide bonds. The first-order valence-electron chi connectivity index (χ1n) is 4.14. The van der Waals surface area contributed by atoms with Gasteiger partial charge >= 0.3 is 0 Å². The van der Waals surface area contributed by atoms with Crippen molar-refractivity contribution in [3.63, 3.8) is 0 Å². The van der Waals surface area contributed by atoms with Crippen LogP contribution in [-0.4, -0.2) is 22.1 Å². The van der Waals surface area contributed by atoms with Crippen LogP contribution in [0.5, 0.6) is 5.88 Å². The van der Waals surface area contributed by atoms with Crippen molar-refractivity contribution in [2.75, 3.05) is 0 Å². The van der Waals surface area contributed by atoms with Gasteiger partial charge in [0.05, 0.1) is 12.4 Å². The number of hydrogen-bond acceptors (Lipinski definition) is 4. The summed E-state index contributed by atoms with van der Waals surface area (Å²) < 4.78 is 17.8. The van der Waals surface area contributed by atoms with Gasteiger partial charge in [-0.2, -0.15) is 9.37 Å². The number of halogens is 1. The Morgan fingerprint density at radius 1 is 1.46 bits per heavy atom. The van der Waals surface area contributed by atoms with Crippen LogP contribution in [0.25, 0.3) is 0 Å². The van der Waals surface area contributed by atoms with Crippen LogP contribution in [0, 0.1) is 5.95 Å². The van der Waals surface area contributed by atoms with Gasteiger partial charge in [-0.15, -0.1) is 0 Å². The minimum atomic E-state index is -0.624. The van der Waals surface area contributed by atoms with E-state index >= 15 is 0 Å². The largest absolute Gasteiger partial charge is 0.473 e. The molecule has 1 aromatic heterocycles. The van der Waals surface area contributed by atoms with Crippen LogP contribution in [0.3, 0.4) is 0 Å². The highest BCUT2D eigenvalue weighted by molar-refractivity contribution is 5.04. The summed E-state index contributed by atoms with van der Waals surface area (Å²) in [4.78, 5) is 7.15. The van der Waals surface area contributed by atoms with E-state index in [1.54, 1.807) is 0 Å². The molecule has 1 aliphatic rings. The van der Waals surface area contributed by atoms with E-state index in [4.69, 9.17) is 10.5 Å². The smallest absolute Gasteiger partial charge is 0.235 e. The zero-order valence-corrected chi connectivity index (χ0v) is 6.98. The number of rotatable bonds is 2. The highest BCUT2D eigenvalue weighted by Crippen LogP contribution is 2.22. The van der Waals surface area contributed by atoms with E-state index in [0.29, 0.717) is 0 Å². The average molecular weight is 183 g/mol. The Labute approximate surface area is 74.9 Å². The Hall–Kier alpha value is -1.23. The normalized spacial score (nSPS) is 26.6. The van der Waals surface area contributed by atoms with Crippen LogP contribution in [-0.2, 0) is 0 Å². The minimum absolute atomic E-state index is 0.0751. The molecule has 1 fully saturated rings. The molecule has 0 spiro atoms. The van der Waals surface area contributed by atoms with Crippen LogP contribution < -0.4 is 10.5 Å². The maximum atomic E-state index is 12.5. The second-order valence-corrected chi connectivity index (χ2v) is 3.15. The molecule has 1 aliphatic carbocycles. The summed E-state index contributed by atoms with van der Waals surface area (Å²) in [6.45, 7) is 0. The van der Waals surface area contributed by atoms with Gasteiger partial charge in [0.2, 0.25) is 11.8 Å². The van der Waals surface area contributed by atoms with Crippen molar-refractivity contribution in [3.05, 3.63) is 18.3 Å². The fourth-order valence-corrected chi connectivity index (χ4v) is 1.26. The van der Waals surface area contributed by atoms with E-state index in [0.717, 1.165) is 19.0 Å². The molecule has 2 rings (SSSR count). The first kappa shape index (κ1) is 8.37. The molecular formula is C8H10FN3O. The lowest BCUT2D eigenvalue weighted by atomic mass is 9.90. The quantitative estimate of drug-likeness (QED) is 0.724. The maximum absolute atomic E-state index is 12.5. The summed E-state index contributed by atoms with van der Waals surface area (Å²) in [6, 6.07) is 0.214. The monoisotopic (exact) mass is 183 g/mol. The van der Waals surface area contributed by atoms with Crippen molar-refractivity contribution in [2.24, 2.45) is 5.73 Å². The number of aromatic nitrogens is 2. The molecule has 0 radical (unpaired) electrons. The SMILES string of the molecule is NC1CC(Oc2cncc(F)n2)C1. The highest BCUT2D eigenvalue weighted by atomic mass is 19.1. The molecule has 70 valence electrons. The molecule has 0 bridgehead atoms. The average Bonchev–Trinajstić information content (AvgIpc) is 2.01. The predicted molar refractivity (Wildman–Crippen MR) is 43.6 cm³/mol. The number of nitrogens with zero attached hydrogens (tertiary/aromatic N) is 2. The van der Waals surface area contributed by atoms with Crippen molar-refractivity contribution in [2.45, 2.75) is 25.0 Å².